The molecule has 6 nitrogen and oxygen atoms in total. The summed E-state index contributed by atoms with van der Waals surface area (Å²) in [5.41, 5.74) is 4.64. The number of aromatic nitrogens is 3. The zero-order valence-corrected chi connectivity index (χ0v) is 17.0. The van der Waals surface area contributed by atoms with E-state index >= 15 is 0 Å². The van der Waals surface area contributed by atoms with E-state index in [1.165, 1.54) is 18.3 Å². The second kappa shape index (κ2) is 8.67. The Balaban J connectivity index is 1.52. The van der Waals surface area contributed by atoms with Crippen molar-refractivity contribution in [2.24, 2.45) is 0 Å². The van der Waals surface area contributed by atoms with Crippen molar-refractivity contribution in [2.75, 3.05) is 19.7 Å². The number of hydrogen-bond donors (Lipinski definition) is 0. The van der Waals surface area contributed by atoms with Crippen molar-refractivity contribution in [1.29, 1.82) is 0 Å². The van der Waals surface area contributed by atoms with E-state index in [1.54, 1.807) is 17.2 Å². The molecule has 1 amide bonds. The molecule has 1 atom stereocenters. The quantitative estimate of drug-likeness (QED) is 0.664. The smallest absolute Gasteiger partial charge is 0.274 e. The van der Waals surface area contributed by atoms with Gasteiger partial charge in [-0.1, -0.05) is 12.1 Å². The molecule has 1 aliphatic heterocycles. The van der Waals surface area contributed by atoms with Crippen LogP contribution in [-0.2, 0) is 11.2 Å². The van der Waals surface area contributed by atoms with Gasteiger partial charge in [0.2, 0.25) is 0 Å². The Morgan fingerprint density at radius 1 is 1.13 bits per heavy atom. The van der Waals surface area contributed by atoms with Crippen molar-refractivity contribution >= 4 is 5.91 Å². The number of carbonyl (C=O) groups is 1. The zero-order valence-electron chi connectivity index (χ0n) is 17.0. The van der Waals surface area contributed by atoms with Crippen LogP contribution in [0.15, 0.2) is 48.8 Å². The van der Waals surface area contributed by atoms with Gasteiger partial charge in [0.25, 0.3) is 5.91 Å². The molecule has 2 aromatic heterocycles. The van der Waals surface area contributed by atoms with Crippen molar-refractivity contribution in [1.82, 2.24) is 19.9 Å². The van der Waals surface area contributed by atoms with Crippen molar-refractivity contribution in [2.45, 2.75) is 26.4 Å². The zero-order chi connectivity index (χ0) is 21.1. The number of nitrogens with zero attached hydrogens (tertiary/aromatic N) is 4. The number of morpholine rings is 1. The Hall–Kier alpha value is -3.19. The van der Waals surface area contributed by atoms with E-state index in [0.29, 0.717) is 31.8 Å². The molecule has 1 aliphatic rings. The van der Waals surface area contributed by atoms with Gasteiger partial charge in [0, 0.05) is 18.4 Å². The third-order valence-corrected chi connectivity index (χ3v) is 5.01. The molecule has 0 aliphatic carbocycles. The first-order valence-electron chi connectivity index (χ1n) is 9.89. The van der Waals surface area contributed by atoms with Gasteiger partial charge in [0.1, 0.15) is 17.6 Å². The van der Waals surface area contributed by atoms with Crippen LogP contribution in [-0.4, -0.2) is 45.5 Å². The lowest BCUT2D eigenvalue weighted by molar-refractivity contribution is -0.0250. The summed E-state index contributed by atoms with van der Waals surface area (Å²) in [4.78, 5) is 27.5. The number of rotatable bonds is 4. The first-order valence-corrected chi connectivity index (χ1v) is 9.89. The van der Waals surface area contributed by atoms with Gasteiger partial charge in [-0.2, -0.15) is 0 Å². The fourth-order valence-corrected chi connectivity index (χ4v) is 3.60. The van der Waals surface area contributed by atoms with Gasteiger partial charge in [0.05, 0.1) is 30.7 Å². The molecule has 1 saturated heterocycles. The van der Waals surface area contributed by atoms with Gasteiger partial charge >= 0.3 is 0 Å². The molecule has 3 aromatic rings. The van der Waals surface area contributed by atoms with Crippen LogP contribution in [0.3, 0.4) is 0 Å². The van der Waals surface area contributed by atoms with Crippen LogP contribution < -0.4 is 0 Å². The molecular weight excluding hydrogens is 383 g/mol. The average Bonchev–Trinajstić information content (AvgIpc) is 2.73. The highest BCUT2D eigenvalue weighted by atomic mass is 19.1. The predicted molar refractivity (Wildman–Crippen MR) is 110 cm³/mol. The highest BCUT2D eigenvalue weighted by Crippen LogP contribution is 2.24. The summed E-state index contributed by atoms with van der Waals surface area (Å²) in [5.74, 6) is -0.411. The number of aryl methyl sites for hydroxylation is 2. The molecule has 30 heavy (non-hydrogen) atoms. The first kappa shape index (κ1) is 20.1. The van der Waals surface area contributed by atoms with Gasteiger partial charge in [-0.3, -0.25) is 14.8 Å². The highest BCUT2D eigenvalue weighted by Gasteiger charge is 2.28. The largest absolute Gasteiger partial charge is 0.368 e. The second-order valence-corrected chi connectivity index (χ2v) is 7.50. The van der Waals surface area contributed by atoms with Crippen molar-refractivity contribution in [3.63, 3.8) is 0 Å². The number of hydrogen-bond acceptors (Lipinski definition) is 5. The molecule has 1 fully saturated rings. The fraction of sp³-hybridized carbons (Fsp3) is 0.304. The first-order chi connectivity index (χ1) is 14.5. The maximum Gasteiger partial charge on any atom is 0.274 e. The molecule has 154 valence electrons. The van der Waals surface area contributed by atoms with Gasteiger partial charge < -0.3 is 9.64 Å². The molecule has 0 unspecified atom stereocenters. The Morgan fingerprint density at radius 2 is 2.00 bits per heavy atom. The Morgan fingerprint density at radius 3 is 2.77 bits per heavy atom. The number of halogens is 1. The number of carbonyl (C=O) groups excluding carboxylic acids is 1. The lowest BCUT2D eigenvalue weighted by Gasteiger charge is -2.32. The molecule has 0 saturated carbocycles. The summed E-state index contributed by atoms with van der Waals surface area (Å²) in [7, 11) is 0. The van der Waals surface area contributed by atoms with E-state index in [0.717, 1.165) is 28.2 Å². The normalized spacial score (nSPS) is 16.5. The van der Waals surface area contributed by atoms with E-state index in [4.69, 9.17) is 4.74 Å². The molecule has 1 aromatic carbocycles. The van der Waals surface area contributed by atoms with Crippen molar-refractivity contribution < 1.29 is 13.9 Å². The van der Waals surface area contributed by atoms with E-state index < -0.39 is 0 Å². The summed E-state index contributed by atoms with van der Waals surface area (Å²) in [6.07, 6.45) is 3.37. The van der Waals surface area contributed by atoms with Gasteiger partial charge in [-0.05, 0) is 55.7 Å². The lowest BCUT2D eigenvalue weighted by atomic mass is 10.0. The maximum atomic E-state index is 13.5. The van der Waals surface area contributed by atoms with Crippen LogP contribution in [0.2, 0.25) is 0 Å². The molecule has 3 heterocycles. The molecule has 0 bridgehead atoms. The van der Waals surface area contributed by atoms with E-state index in [2.05, 4.69) is 15.0 Å². The minimum atomic E-state index is -0.327. The summed E-state index contributed by atoms with van der Waals surface area (Å²) >= 11 is 0. The van der Waals surface area contributed by atoms with Crippen LogP contribution in [0.4, 0.5) is 4.39 Å². The Bertz CT molecular complexity index is 1060. The summed E-state index contributed by atoms with van der Waals surface area (Å²) < 4.78 is 19.4. The predicted octanol–water partition coefficient (Wildman–Crippen LogP) is 3.43. The van der Waals surface area contributed by atoms with E-state index in [1.807, 2.05) is 32.0 Å². The fourth-order valence-electron chi connectivity index (χ4n) is 3.60. The average molecular weight is 406 g/mol. The van der Waals surface area contributed by atoms with Crippen molar-refractivity contribution in [3.8, 4) is 0 Å². The van der Waals surface area contributed by atoms with Crippen molar-refractivity contribution in [3.05, 3.63) is 88.5 Å². The summed E-state index contributed by atoms with van der Waals surface area (Å²) in [5, 5.41) is 0. The Labute approximate surface area is 174 Å². The van der Waals surface area contributed by atoms with Gasteiger partial charge in [-0.25, -0.2) is 9.37 Å². The molecule has 0 N–H and O–H groups in total. The SMILES string of the molecule is Cc1cnc(C(=O)N2CCO[C@@H](c3cc(Cc4cccc(F)c4)cc(C)n3)C2)cn1. The minimum Gasteiger partial charge on any atom is -0.368 e. The van der Waals surface area contributed by atoms with Gasteiger partial charge in [-0.15, -0.1) is 0 Å². The molecule has 0 spiro atoms. The van der Waals surface area contributed by atoms with Crippen LogP contribution in [0.5, 0.6) is 0 Å². The minimum absolute atomic E-state index is 0.163. The highest BCUT2D eigenvalue weighted by molar-refractivity contribution is 5.92. The molecule has 7 heteroatoms. The van der Waals surface area contributed by atoms with Crippen LogP contribution in [0, 0.1) is 19.7 Å². The second-order valence-electron chi connectivity index (χ2n) is 7.50. The topological polar surface area (TPSA) is 68.2 Å². The standard InChI is InChI=1S/C23H23FN4O2/c1-15-8-18(9-17-4-3-5-19(24)10-17)11-20(27-15)22-14-28(6-7-30-22)23(29)21-13-25-16(2)12-26-21/h3-5,8,10-13,22H,6-7,9,14H2,1-2H3/t22-/m1/s1. The summed E-state index contributed by atoms with van der Waals surface area (Å²) in [6, 6.07) is 10.5. The van der Waals surface area contributed by atoms with Gasteiger partial charge in [0.15, 0.2) is 0 Å². The Kier molecular flexibility index (Phi) is 5.81. The molecule has 0 radical (unpaired) electrons. The van der Waals surface area contributed by atoms with E-state index in [-0.39, 0.29) is 17.8 Å². The number of pyridine rings is 1. The third kappa shape index (κ3) is 4.68. The number of amides is 1. The van der Waals surface area contributed by atoms with Crippen LogP contribution in [0.1, 0.15) is 44.8 Å². The van der Waals surface area contributed by atoms with Crippen LogP contribution in [0.25, 0.3) is 0 Å². The summed E-state index contributed by atoms with van der Waals surface area (Å²) in [6.45, 7) is 5.06. The number of ether oxygens (including phenoxy) is 1. The number of benzene rings is 1. The molecular formula is C23H23FN4O2. The monoisotopic (exact) mass is 406 g/mol. The maximum absolute atomic E-state index is 13.5. The van der Waals surface area contributed by atoms with Crippen LogP contribution >= 0.6 is 0 Å². The van der Waals surface area contributed by atoms with E-state index in [9.17, 15) is 9.18 Å². The molecule has 4 rings (SSSR count). The lowest BCUT2D eigenvalue weighted by Crippen LogP contribution is -2.42. The third-order valence-electron chi connectivity index (χ3n) is 5.01.